The van der Waals surface area contributed by atoms with Gasteiger partial charge in [-0.1, -0.05) is 30.4 Å². The molecule has 0 aliphatic heterocycles. The van der Waals surface area contributed by atoms with E-state index in [1.165, 1.54) is 6.20 Å². The van der Waals surface area contributed by atoms with Crippen molar-refractivity contribution in [2.75, 3.05) is 0 Å². The molecule has 0 atom stereocenters. The van der Waals surface area contributed by atoms with Crippen LogP contribution in [0.25, 0.3) is 16.6 Å². The zero-order valence-corrected chi connectivity index (χ0v) is 11.7. The number of hydrogen-bond acceptors (Lipinski definition) is 4. The first-order valence-corrected chi connectivity index (χ1v) is 6.51. The van der Waals surface area contributed by atoms with Crippen LogP contribution < -0.4 is 11.5 Å². The van der Waals surface area contributed by atoms with Crippen molar-refractivity contribution in [2.45, 2.75) is 0 Å². The Labute approximate surface area is 125 Å². The Morgan fingerprint density at radius 2 is 1.95 bits per heavy atom. The minimum absolute atomic E-state index is 0.208. The van der Waals surface area contributed by atoms with Gasteiger partial charge in [-0.3, -0.25) is 9.78 Å². The number of aromatic nitrogens is 3. The summed E-state index contributed by atoms with van der Waals surface area (Å²) < 4.78 is 1.54. The van der Waals surface area contributed by atoms with E-state index >= 15 is 0 Å². The molecule has 6 nitrogen and oxygen atoms in total. The van der Waals surface area contributed by atoms with Gasteiger partial charge in [-0.05, 0) is 6.07 Å². The predicted octanol–water partition coefficient (Wildman–Crippen LogP) is 1.15. The van der Waals surface area contributed by atoms with Gasteiger partial charge < -0.3 is 11.5 Å². The largest absolute Gasteiger partial charge is 0.389 e. The first-order valence-electron chi connectivity index (χ1n) is 6.10. The summed E-state index contributed by atoms with van der Waals surface area (Å²) in [5.41, 5.74) is 13.4. The van der Waals surface area contributed by atoms with Crippen LogP contribution in [0.3, 0.4) is 0 Å². The number of nitrogens with zero attached hydrogens (tertiary/aromatic N) is 3. The second kappa shape index (κ2) is 4.95. The Kier molecular flexibility index (Phi) is 3.11. The molecule has 1 amide bonds. The van der Waals surface area contributed by atoms with E-state index in [9.17, 15) is 4.79 Å². The van der Waals surface area contributed by atoms with Crippen LogP contribution in [0.15, 0.2) is 42.9 Å². The summed E-state index contributed by atoms with van der Waals surface area (Å²) >= 11 is 5.08. The molecule has 3 aromatic rings. The second-order valence-electron chi connectivity index (χ2n) is 4.44. The van der Waals surface area contributed by atoms with E-state index in [0.29, 0.717) is 16.8 Å². The fraction of sp³-hybridized carbons (Fsp3) is 0. The van der Waals surface area contributed by atoms with Crippen LogP contribution in [0.1, 0.15) is 15.9 Å². The molecule has 0 saturated carbocycles. The lowest BCUT2D eigenvalue weighted by atomic mass is 10.1. The molecule has 4 N–H and O–H groups in total. The topological polar surface area (TPSA) is 99.8 Å². The first-order chi connectivity index (χ1) is 10.1. The normalized spacial score (nSPS) is 10.7. The fourth-order valence-electron chi connectivity index (χ4n) is 2.13. The summed E-state index contributed by atoms with van der Waals surface area (Å²) in [6.45, 7) is 0. The van der Waals surface area contributed by atoms with Gasteiger partial charge in [0.05, 0.1) is 28.5 Å². The zero-order chi connectivity index (χ0) is 15.0. The smallest absolute Gasteiger partial charge is 0.251 e. The Hall–Kier alpha value is -2.80. The minimum atomic E-state index is -0.545. The molecule has 0 radical (unpaired) electrons. The minimum Gasteiger partial charge on any atom is -0.389 e. The average Bonchev–Trinajstić information content (AvgIpc) is 2.95. The lowest BCUT2D eigenvalue weighted by molar-refractivity contribution is 0.100. The van der Waals surface area contributed by atoms with Crippen molar-refractivity contribution in [3.05, 3.63) is 54.0 Å². The van der Waals surface area contributed by atoms with Crippen LogP contribution >= 0.6 is 12.2 Å². The van der Waals surface area contributed by atoms with Gasteiger partial charge in [0.2, 0.25) is 0 Å². The van der Waals surface area contributed by atoms with Gasteiger partial charge in [-0.2, -0.15) is 5.10 Å². The molecule has 0 bridgehead atoms. The molecular weight excluding hydrogens is 286 g/mol. The van der Waals surface area contributed by atoms with Crippen molar-refractivity contribution < 1.29 is 4.79 Å². The highest BCUT2D eigenvalue weighted by Crippen LogP contribution is 2.24. The van der Waals surface area contributed by atoms with Crippen LogP contribution in [0.4, 0.5) is 0 Å². The fourth-order valence-corrected chi connectivity index (χ4v) is 2.28. The first kappa shape index (κ1) is 13.2. The summed E-state index contributed by atoms with van der Waals surface area (Å²) in [5.74, 6) is -0.545. The van der Waals surface area contributed by atoms with E-state index in [1.54, 1.807) is 17.1 Å². The highest BCUT2D eigenvalue weighted by Gasteiger charge is 2.15. The number of primary amides is 1. The Morgan fingerprint density at radius 1 is 1.19 bits per heavy atom. The van der Waals surface area contributed by atoms with Gasteiger partial charge in [-0.15, -0.1) is 0 Å². The summed E-state index contributed by atoms with van der Waals surface area (Å²) in [7, 11) is 0. The standard InChI is InChI=1S/C14H11N5OS/c15-13(20)8-5-18-19(7-8)12-9-3-1-2-4-11(9)17-6-10(12)14(16)21/h1-7H,(H2,15,20)(H2,16,21). The van der Waals surface area contributed by atoms with Crippen LogP contribution in [0.2, 0.25) is 0 Å². The van der Waals surface area contributed by atoms with E-state index in [1.807, 2.05) is 24.3 Å². The molecule has 0 aliphatic rings. The third kappa shape index (κ3) is 2.23. The van der Waals surface area contributed by atoms with Crippen molar-refractivity contribution in [1.82, 2.24) is 14.8 Å². The van der Waals surface area contributed by atoms with Crippen molar-refractivity contribution in [3.8, 4) is 5.69 Å². The number of nitrogens with two attached hydrogens (primary N) is 2. The highest BCUT2D eigenvalue weighted by molar-refractivity contribution is 7.80. The van der Waals surface area contributed by atoms with E-state index < -0.39 is 5.91 Å². The second-order valence-corrected chi connectivity index (χ2v) is 4.88. The van der Waals surface area contributed by atoms with E-state index in [0.717, 1.165) is 10.9 Å². The van der Waals surface area contributed by atoms with Gasteiger partial charge in [-0.25, -0.2) is 4.68 Å². The number of hydrogen-bond donors (Lipinski definition) is 2. The SMILES string of the molecule is NC(=O)c1cnn(-c2c(C(N)=S)cnc3ccccc23)c1. The Bertz CT molecular complexity index is 871. The number of thiocarbonyl (C=S) groups is 1. The maximum absolute atomic E-state index is 11.2. The summed E-state index contributed by atoms with van der Waals surface area (Å²) in [4.78, 5) is 15.8. The molecule has 2 aromatic heterocycles. The lowest BCUT2D eigenvalue weighted by Gasteiger charge is -2.11. The van der Waals surface area contributed by atoms with Crippen molar-refractivity contribution in [3.63, 3.8) is 0 Å². The van der Waals surface area contributed by atoms with Crippen LogP contribution in [-0.2, 0) is 0 Å². The van der Waals surface area contributed by atoms with E-state index in [2.05, 4.69) is 10.1 Å². The molecule has 3 rings (SSSR count). The number of carbonyl (C=O) groups excluding carboxylic acids is 1. The molecular formula is C14H11N5OS. The molecule has 0 unspecified atom stereocenters. The summed E-state index contributed by atoms with van der Waals surface area (Å²) in [6.07, 6.45) is 4.55. The van der Waals surface area contributed by atoms with Crippen LogP contribution in [0, 0.1) is 0 Å². The maximum atomic E-state index is 11.2. The van der Waals surface area contributed by atoms with E-state index in [4.69, 9.17) is 23.7 Å². The molecule has 104 valence electrons. The molecule has 7 heteroatoms. The lowest BCUT2D eigenvalue weighted by Crippen LogP contribution is -2.15. The summed E-state index contributed by atoms with van der Waals surface area (Å²) in [5, 5.41) is 5.01. The quantitative estimate of drug-likeness (QED) is 0.706. The Morgan fingerprint density at radius 3 is 2.62 bits per heavy atom. The number of amides is 1. The van der Waals surface area contributed by atoms with Crippen molar-refractivity contribution >= 4 is 34.0 Å². The highest BCUT2D eigenvalue weighted by atomic mass is 32.1. The monoisotopic (exact) mass is 297 g/mol. The number of carbonyl (C=O) groups is 1. The number of rotatable bonds is 3. The molecule has 0 fully saturated rings. The zero-order valence-electron chi connectivity index (χ0n) is 10.9. The Balaban J connectivity index is 2.34. The van der Waals surface area contributed by atoms with Gasteiger partial charge in [0.1, 0.15) is 4.99 Å². The molecule has 1 aromatic carbocycles. The van der Waals surface area contributed by atoms with Crippen LogP contribution in [-0.4, -0.2) is 25.7 Å². The van der Waals surface area contributed by atoms with Gasteiger partial charge >= 0.3 is 0 Å². The number of benzene rings is 1. The molecule has 2 heterocycles. The van der Waals surface area contributed by atoms with Crippen molar-refractivity contribution in [2.24, 2.45) is 11.5 Å². The van der Waals surface area contributed by atoms with Gasteiger partial charge in [0.25, 0.3) is 5.91 Å². The molecule has 21 heavy (non-hydrogen) atoms. The number of para-hydroxylation sites is 1. The predicted molar refractivity (Wildman–Crippen MR) is 83.3 cm³/mol. The van der Waals surface area contributed by atoms with Gasteiger partial charge in [0.15, 0.2) is 0 Å². The third-order valence-corrected chi connectivity index (χ3v) is 3.33. The summed E-state index contributed by atoms with van der Waals surface area (Å²) in [6, 6.07) is 7.54. The number of fused-ring (bicyclic) bond motifs is 1. The third-order valence-electron chi connectivity index (χ3n) is 3.11. The average molecular weight is 297 g/mol. The van der Waals surface area contributed by atoms with E-state index in [-0.39, 0.29) is 4.99 Å². The molecule has 0 saturated heterocycles. The number of pyridine rings is 1. The molecule has 0 aliphatic carbocycles. The molecule has 0 spiro atoms. The van der Waals surface area contributed by atoms with Crippen LogP contribution in [0.5, 0.6) is 0 Å². The van der Waals surface area contributed by atoms with Crippen molar-refractivity contribution in [1.29, 1.82) is 0 Å². The van der Waals surface area contributed by atoms with Gasteiger partial charge in [0, 0.05) is 17.8 Å². The maximum Gasteiger partial charge on any atom is 0.251 e.